The third kappa shape index (κ3) is 2.72. The van der Waals surface area contributed by atoms with E-state index in [2.05, 4.69) is 55.4 Å². The number of hydrogen-bond donors (Lipinski definition) is 2. The van der Waals surface area contributed by atoms with E-state index < -0.39 is 5.60 Å². The van der Waals surface area contributed by atoms with Crippen molar-refractivity contribution in [2.24, 2.45) is 56.7 Å². The molecule has 32 heavy (non-hydrogen) atoms. The van der Waals surface area contributed by atoms with Crippen LogP contribution in [0, 0.1) is 56.7 Å². The zero-order valence-corrected chi connectivity index (χ0v) is 22.4. The van der Waals surface area contributed by atoms with Crippen LogP contribution in [0.4, 0.5) is 0 Å². The first-order valence-electron chi connectivity index (χ1n) is 14.0. The van der Waals surface area contributed by atoms with E-state index in [-0.39, 0.29) is 11.5 Å². The molecule has 10 atom stereocenters. The first kappa shape index (κ1) is 23.7. The highest BCUT2D eigenvalue weighted by Gasteiger charge is 2.71. The molecule has 2 N–H and O–H groups in total. The van der Waals surface area contributed by atoms with Crippen molar-refractivity contribution >= 4 is 0 Å². The van der Waals surface area contributed by atoms with Crippen LogP contribution >= 0.6 is 0 Å². The number of aliphatic hydroxyl groups is 2. The highest BCUT2D eigenvalue weighted by atomic mass is 16.3. The van der Waals surface area contributed by atoms with Crippen LogP contribution in [-0.2, 0) is 0 Å². The van der Waals surface area contributed by atoms with E-state index in [4.69, 9.17) is 0 Å². The monoisotopic (exact) mass is 444 g/mol. The molecule has 0 aromatic heterocycles. The van der Waals surface area contributed by atoms with Crippen LogP contribution in [0.2, 0.25) is 0 Å². The first-order valence-corrected chi connectivity index (χ1v) is 14.0. The van der Waals surface area contributed by atoms with Gasteiger partial charge in [-0.25, -0.2) is 0 Å². The van der Waals surface area contributed by atoms with Gasteiger partial charge in [-0.3, -0.25) is 0 Å². The quantitative estimate of drug-likeness (QED) is 0.448. The highest BCUT2D eigenvalue weighted by molar-refractivity contribution is 5.19. The van der Waals surface area contributed by atoms with Gasteiger partial charge in [-0.1, -0.05) is 41.5 Å². The van der Waals surface area contributed by atoms with E-state index in [9.17, 15) is 10.2 Å². The number of fused-ring (bicyclic) bond motifs is 7. The van der Waals surface area contributed by atoms with Crippen molar-refractivity contribution in [2.75, 3.05) is 0 Å². The second kappa shape index (κ2) is 6.77. The topological polar surface area (TPSA) is 40.5 Å². The van der Waals surface area contributed by atoms with E-state index in [0.29, 0.717) is 39.4 Å². The molecule has 5 saturated carbocycles. The van der Waals surface area contributed by atoms with Crippen molar-refractivity contribution < 1.29 is 10.2 Å². The van der Waals surface area contributed by atoms with E-state index in [1.807, 2.05) is 0 Å². The van der Waals surface area contributed by atoms with Crippen LogP contribution in [0.5, 0.6) is 0 Å². The first-order chi connectivity index (χ1) is 14.6. The zero-order chi connectivity index (χ0) is 23.5. The molecule has 0 spiro atoms. The van der Waals surface area contributed by atoms with Crippen molar-refractivity contribution in [1.82, 2.24) is 0 Å². The summed E-state index contributed by atoms with van der Waals surface area (Å²) in [4.78, 5) is 0. The molecule has 184 valence electrons. The molecule has 5 aliphatic carbocycles. The Balaban J connectivity index is 1.51. The predicted octanol–water partition coefficient (Wildman–Crippen LogP) is 7.22. The third-order valence-electron chi connectivity index (χ3n) is 13.8. The molecule has 5 aliphatic rings. The molecule has 0 amide bonds. The molecule has 2 nitrogen and oxygen atoms in total. The fraction of sp³-hybridized carbons (Fsp3) is 1.00. The average Bonchev–Trinajstić information content (AvgIpc) is 3.03. The van der Waals surface area contributed by atoms with Crippen LogP contribution in [0.25, 0.3) is 0 Å². The maximum atomic E-state index is 11.0. The maximum absolute atomic E-state index is 11.0. The summed E-state index contributed by atoms with van der Waals surface area (Å²) in [7, 11) is 0. The SMILES string of the molecule is CC(C)(O)[C@H]1CC[C@]2(C)[C@H]3CC[C@H]4[C@@]5(C)CC[C@H](O)C(C)(C)[C@@H]5CC[C@@]4(C)[C@]3(C)CC[C@@H]12. The summed E-state index contributed by atoms with van der Waals surface area (Å²) in [6.45, 7) is 19.5. The summed E-state index contributed by atoms with van der Waals surface area (Å²) in [6, 6.07) is 0. The van der Waals surface area contributed by atoms with E-state index in [1.165, 1.54) is 57.8 Å². The van der Waals surface area contributed by atoms with Gasteiger partial charge in [0, 0.05) is 0 Å². The number of hydrogen-bond acceptors (Lipinski definition) is 2. The smallest absolute Gasteiger partial charge is 0.0622 e. The van der Waals surface area contributed by atoms with Gasteiger partial charge >= 0.3 is 0 Å². The molecule has 0 radical (unpaired) electrons. The molecule has 0 bridgehead atoms. The summed E-state index contributed by atoms with van der Waals surface area (Å²) in [6.07, 6.45) is 12.6. The van der Waals surface area contributed by atoms with E-state index >= 15 is 0 Å². The van der Waals surface area contributed by atoms with Gasteiger partial charge in [-0.15, -0.1) is 0 Å². The lowest BCUT2D eigenvalue weighted by Crippen LogP contribution is -2.67. The minimum atomic E-state index is -0.544. The van der Waals surface area contributed by atoms with Gasteiger partial charge in [0.05, 0.1) is 11.7 Å². The molecular weight excluding hydrogens is 392 g/mol. The molecule has 0 aromatic rings. The molecule has 0 aromatic carbocycles. The lowest BCUT2D eigenvalue weighted by molar-refractivity contribution is -0.253. The summed E-state index contributed by atoms with van der Waals surface area (Å²) >= 11 is 0. The zero-order valence-electron chi connectivity index (χ0n) is 22.4. The molecule has 0 unspecified atom stereocenters. The Bertz CT molecular complexity index is 765. The Labute approximate surface area is 198 Å². The standard InChI is InChI=1S/C30H52O2/c1-25(2)21-13-18-30(8)23(28(21,6)16-14-24(25)31)10-9-22-27(5)15-11-19(26(3,4)32)20(27)12-17-29(22,30)7/h19-24,31-32H,9-18H2,1-8H3/t19-,20-,21-,22+,23-,24-,27-,28-,29+,30+/m0/s1. The van der Waals surface area contributed by atoms with Crippen molar-refractivity contribution in [1.29, 1.82) is 0 Å². The van der Waals surface area contributed by atoms with Gasteiger partial charge in [-0.2, -0.15) is 0 Å². The minimum Gasteiger partial charge on any atom is -0.393 e. The van der Waals surface area contributed by atoms with Gasteiger partial charge in [0.15, 0.2) is 0 Å². The third-order valence-corrected chi connectivity index (χ3v) is 13.8. The molecule has 0 saturated heterocycles. The lowest BCUT2D eigenvalue weighted by atomic mass is 9.32. The second-order valence-electron chi connectivity index (χ2n) is 15.4. The largest absolute Gasteiger partial charge is 0.393 e. The number of aliphatic hydroxyl groups excluding tert-OH is 1. The molecule has 5 fully saturated rings. The predicted molar refractivity (Wildman–Crippen MR) is 132 cm³/mol. The Morgan fingerprint density at radius 1 is 0.625 bits per heavy atom. The van der Waals surface area contributed by atoms with Crippen molar-refractivity contribution in [3.8, 4) is 0 Å². The number of rotatable bonds is 1. The van der Waals surface area contributed by atoms with Gasteiger partial charge in [0.1, 0.15) is 0 Å². The van der Waals surface area contributed by atoms with Crippen molar-refractivity contribution in [3.05, 3.63) is 0 Å². The summed E-state index contributed by atoms with van der Waals surface area (Å²) < 4.78 is 0. The van der Waals surface area contributed by atoms with E-state index in [1.54, 1.807) is 0 Å². The Kier molecular flexibility index (Phi) is 5.01. The molecule has 2 heteroatoms. The Hall–Kier alpha value is -0.0800. The van der Waals surface area contributed by atoms with E-state index in [0.717, 1.165) is 18.3 Å². The summed E-state index contributed by atoms with van der Waals surface area (Å²) in [5, 5.41) is 21.9. The van der Waals surface area contributed by atoms with Crippen LogP contribution in [0.15, 0.2) is 0 Å². The maximum Gasteiger partial charge on any atom is 0.0622 e. The van der Waals surface area contributed by atoms with Gasteiger partial charge in [0.2, 0.25) is 0 Å². The van der Waals surface area contributed by atoms with Crippen LogP contribution < -0.4 is 0 Å². The Morgan fingerprint density at radius 3 is 1.75 bits per heavy atom. The average molecular weight is 445 g/mol. The minimum absolute atomic E-state index is 0.0428. The lowest BCUT2D eigenvalue weighted by Gasteiger charge is -2.73. The summed E-state index contributed by atoms with van der Waals surface area (Å²) in [5.41, 5.74) is 1.07. The molecule has 0 heterocycles. The fourth-order valence-corrected chi connectivity index (χ4v) is 12.0. The fourth-order valence-electron chi connectivity index (χ4n) is 12.0. The van der Waals surface area contributed by atoms with Gasteiger partial charge in [-0.05, 0) is 135 Å². The molecule has 0 aliphatic heterocycles. The van der Waals surface area contributed by atoms with Crippen LogP contribution in [-0.4, -0.2) is 21.9 Å². The normalized spacial score (nSPS) is 57.2. The van der Waals surface area contributed by atoms with Crippen molar-refractivity contribution in [3.63, 3.8) is 0 Å². The van der Waals surface area contributed by atoms with Crippen molar-refractivity contribution in [2.45, 2.75) is 131 Å². The second-order valence-corrected chi connectivity index (χ2v) is 15.4. The highest BCUT2D eigenvalue weighted by Crippen LogP contribution is 2.78. The summed E-state index contributed by atoms with van der Waals surface area (Å²) in [5.74, 6) is 3.39. The van der Waals surface area contributed by atoms with Gasteiger partial charge < -0.3 is 10.2 Å². The van der Waals surface area contributed by atoms with Gasteiger partial charge in [0.25, 0.3) is 0 Å². The molecular formula is C30H52O2. The Morgan fingerprint density at radius 2 is 1.16 bits per heavy atom. The molecule has 5 rings (SSSR count). The van der Waals surface area contributed by atoms with Crippen LogP contribution in [0.1, 0.15) is 120 Å². The van der Waals surface area contributed by atoms with Crippen LogP contribution in [0.3, 0.4) is 0 Å².